The molecule has 0 N–H and O–H groups in total. The first kappa shape index (κ1) is 11.0. The first-order valence-electron chi connectivity index (χ1n) is 5.01. The Bertz CT molecular complexity index is 451. The number of Topliss-reactive ketones (excluding diaryl/α,β-unsaturated/α-hetero) is 1. The summed E-state index contributed by atoms with van der Waals surface area (Å²) in [5.41, 5.74) is 1.41. The average Bonchev–Trinajstić information content (AvgIpc) is 2.85. The van der Waals surface area contributed by atoms with Crippen molar-refractivity contribution in [1.29, 1.82) is 0 Å². The number of rotatable bonds is 3. The summed E-state index contributed by atoms with van der Waals surface area (Å²) in [6.07, 6.45) is 0. The number of hydrogen-bond donors (Lipinski definition) is 0. The number of thiophene rings is 1. The van der Waals surface area contributed by atoms with Gasteiger partial charge in [0.2, 0.25) is 0 Å². The number of hydrogen-bond acceptors (Lipinski definition) is 4. The van der Waals surface area contributed by atoms with Crippen LogP contribution in [0.3, 0.4) is 0 Å². The molecule has 0 radical (unpaired) electrons. The highest BCUT2D eigenvalue weighted by Crippen LogP contribution is 2.16. The molecule has 84 valence electrons. The minimum absolute atomic E-state index is 0.0389. The van der Waals surface area contributed by atoms with Gasteiger partial charge >= 0.3 is 0 Å². The normalized spacial score (nSPS) is 20.1. The molecule has 4 nitrogen and oxygen atoms in total. The third kappa shape index (κ3) is 1.90. The van der Waals surface area contributed by atoms with E-state index in [1.165, 1.54) is 16.3 Å². The molecule has 0 fully saturated rings. The summed E-state index contributed by atoms with van der Waals surface area (Å²) in [6, 6.07) is 1.76. The molecule has 0 aromatic carbocycles. The van der Waals surface area contributed by atoms with Crippen LogP contribution in [0.2, 0.25) is 0 Å². The van der Waals surface area contributed by atoms with Crippen molar-refractivity contribution in [2.24, 2.45) is 11.0 Å². The lowest BCUT2D eigenvalue weighted by molar-refractivity contribution is -0.130. The predicted molar refractivity (Wildman–Crippen MR) is 62.6 cm³/mol. The highest BCUT2D eigenvalue weighted by molar-refractivity contribution is 7.08. The molecule has 1 aliphatic rings. The average molecular weight is 236 g/mol. The first-order chi connectivity index (χ1) is 7.59. The van der Waals surface area contributed by atoms with E-state index in [0.29, 0.717) is 5.56 Å². The smallest absolute Gasteiger partial charge is 0.251 e. The monoisotopic (exact) mass is 236 g/mol. The zero-order valence-electron chi connectivity index (χ0n) is 9.14. The fourth-order valence-corrected chi connectivity index (χ4v) is 2.15. The Morgan fingerprint density at radius 1 is 1.62 bits per heavy atom. The fraction of sp³-hybridized carbons (Fsp3) is 0.364. The van der Waals surface area contributed by atoms with Crippen LogP contribution in [0.4, 0.5) is 0 Å². The Hall–Kier alpha value is -1.49. The van der Waals surface area contributed by atoms with Gasteiger partial charge in [-0.25, -0.2) is 5.01 Å². The van der Waals surface area contributed by atoms with Gasteiger partial charge in [0.1, 0.15) is 6.54 Å². The Morgan fingerprint density at radius 3 is 2.88 bits per heavy atom. The molecule has 5 heteroatoms. The second-order valence-corrected chi connectivity index (χ2v) is 4.57. The van der Waals surface area contributed by atoms with Gasteiger partial charge in [-0.3, -0.25) is 9.59 Å². The van der Waals surface area contributed by atoms with Crippen LogP contribution in [0, 0.1) is 5.92 Å². The van der Waals surface area contributed by atoms with Crippen LogP contribution in [0.15, 0.2) is 21.9 Å². The summed E-state index contributed by atoms with van der Waals surface area (Å²) in [4.78, 5) is 23.4. The van der Waals surface area contributed by atoms with E-state index in [2.05, 4.69) is 5.10 Å². The van der Waals surface area contributed by atoms with Crippen molar-refractivity contribution >= 4 is 28.7 Å². The van der Waals surface area contributed by atoms with Crippen molar-refractivity contribution in [3.63, 3.8) is 0 Å². The number of amides is 1. The van der Waals surface area contributed by atoms with Crippen molar-refractivity contribution in [3.05, 3.63) is 22.4 Å². The van der Waals surface area contributed by atoms with E-state index in [1.54, 1.807) is 25.3 Å². The summed E-state index contributed by atoms with van der Waals surface area (Å²) in [5.74, 6) is -0.364. The van der Waals surface area contributed by atoms with Gasteiger partial charge in [0.15, 0.2) is 5.78 Å². The largest absolute Gasteiger partial charge is 0.292 e. The van der Waals surface area contributed by atoms with Gasteiger partial charge in [-0.15, -0.1) is 0 Å². The molecule has 2 heterocycles. The Morgan fingerprint density at radius 2 is 2.38 bits per heavy atom. The zero-order chi connectivity index (χ0) is 11.7. The Labute approximate surface area is 97.6 Å². The van der Waals surface area contributed by atoms with Crippen LogP contribution in [-0.4, -0.2) is 29.0 Å². The van der Waals surface area contributed by atoms with E-state index < -0.39 is 0 Å². The van der Waals surface area contributed by atoms with Crippen molar-refractivity contribution in [3.8, 4) is 0 Å². The Balaban J connectivity index is 2.07. The molecule has 1 aromatic rings. The molecule has 0 spiro atoms. The summed E-state index contributed by atoms with van der Waals surface area (Å²) < 4.78 is 0. The third-order valence-electron chi connectivity index (χ3n) is 2.67. The molecule has 1 atom stereocenters. The molecule has 0 saturated carbocycles. The van der Waals surface area contributed by atoms with Crippen LogP contribution in [0.25, 0.3) is 0 Å². The highest BCUT2D eigenvalue weighted by Gasteiger charge is 2.30. The van der Waals surface area contributed by atoms with Gasteiger partial charge in [-0.2, -0.15) is 16.4 Å². The molecule has 1 aliphatic heterocycles. The van der Waals surface area contributed by atoms with Crippen LogP contribution in [-0.2, 0) is 4.79 Å². The summed E-state index contributed by atoms with van der Waals surface area (Å²) >= 11 is 1.47. The number of carbonyl (C=O) groups excluding carboxylic acids is 2. The van der Waals surface area contributed by atoms with Gasteiger partial charge in [-0.05, 0) is 25.3 Å². The summed E-state index contributed by atoms with van der Waals surface area (Å²) in [5, 5.41) is 8.97. The maximum absolute atomic E-state index is 11.8. The minimum atomic E-state index is -0.199. The van der Waals surface area contributed by atoms with E-state index in [-0.39, 0.29) is 24.2 Å². The lowest BCUT2D eigenvalue weighted by atomic mass is 10.1. The van der Waals surface area contributed by atoms with E-state index in [1.807, 2.05) is 5.38 Å². The van der Waals surface area contributed by atoms with Gasteiger partial charge in [0.05, 0.1) is 5.92 Å². The third-order valence-corrected chi connectivity index (χ3v) is 3.35. The fourth-order valence-electron chi connectivity index (χ4n) is 1.49. The molecule has 0 bridgehead atoms. The van der Waals surface area contributed by atoms with Gasteiger partial charge < -0.3 is 0 Å². The first-order valence-corrected chi connectivity index (χ1v) is 5.95. The lowest BCUT2D eigenvalue weighted by Gasteiger charge is -2.10. The summed E-state index contributed by atoms with van der Waals surface area (Å²) in [6.45, 7) is 3.64. The van der Waals surface area contributed by atoms with Crippen LogP contribution in [0.5, 0.6) is 0 Å². The van der Waals surface area contributed by atoms with Gasteiger partial charge in [0.25, 0.3) is 5.91 Å². The maximum Gasteiger partial charge on any atom is 0.251 e. The number of carbonyl (C=O) groups is 2. The van der Waals surface area contributed by atoms with Crippen LogP contribution >= 0.6 is 11.3 Å². The molecule has 0 saturated heterocycles. The number of ketones is 1. The molecule has 16 heavy (non-hydrogen) atoms. The van der Waals surface area contributed by atoms with Gasteiger partial charge in [0, 0.05) is 16.7 Å². The molecule has 1 amide bonds. The van der Waals surface area contributed by atoms with E-state index in [9.17, 15) is 9.59 Å². The molecule has 0 aliphatic carbocycles. The SMILES string of the molecule is CC1=NN(CC(=O)c2ccsc2)C(=O)[C@H]1C. The topological polar surface area (TPSA) is 49.7 Å². The standard InChI is InChI=1S/C11H12N2O2S/c1-7-8(2)12-13(11(7)15)5-10(14)9-3-4-16-6-9/h3-4,6-7H,5H2,1-2H3/t7-/m0/s1. The lowest BCUT2D eigenvalue weighted by Crippen LogP contribution is -2.30. The maximum atomic E-state index is 11.8. The molecule has 0 unspecified atom stereocenters. The van der Waals surface area contributed by atoms with Gasteiger partial charge in [-0.1, -0.05) is 0 Å². The van der Waals surface area contributed by atoms with Crippen molar-refractivity contribution in [1.82, 2.24) is 5.01 Å². The highest BCUT2D eigenvalue weighted by atomic mass is 32.1. The second kappa shape index (κ2) is 4.17. The quantitative estimate of drug-likeness (QED) is 0.751. The van der Waals surface area contributed by atoms with Crippen molar-refractivity contribution < 1.29 is 9.59 Å². The Kier molecular flexibility index (Phi) is 2.87. The van der Waals surface area contributed by atoms with Crippen LogP contribution in [0.1, 0.15) is 24.2 Å². The molecular weight excluding hydrogens is 224 g/mol. The van der Waals surface area contributed by atoms with E-state index in [0.717, 1.165) is 5.71 Å². The number of nitrogens with zero attached hydrogens (tertiary/aromatic N) is 2. The molecule has 2 rings (SSSR count). The number of hydrazone groups is 1. The van der Waals surface area contributed by atoms with E-state index >= 15 is 0 Å². The van der Waals surface area contributed by atoms with E-state index in [4.69, 9.17) is 0 Å². The van der Waals surface area contributed by atoms with Crippen molar-refractivity contribution in [2.75, 3.05) is 6.54 Å². The predicted octanol–water partition coefficient (Wildman–Crippen LogP) is 1.79. The molecular formula is C11H12N2O2S. The second-order valence-electron chi connectivity index (χ2n) is 3.79. The zero-order valence-corrected chi connectivity index (χ0v) is 9.95. The summed E-state index contributed by atoms with van der Waals surface area (Å²) in [7, 11) is 0. The molecule has 1 aromatic heterocycles. The minimum Gasteiger partial charge on any atom is -0.292 e. The van der Waals surface area contributed by atoms with Crippen LogP contribution < -0.4 is 0 Å². The van der Waals surface area contributed by atoms with Crippen molar-refractivity contribution in [2.45, 2.75) is 13.8 Å².